The Labute approximate surface area is 191 Å². The second-order valence-electron chi connectivity index (χ2n) is 7.22. The van der Waals surface area contributed by atoms with Crippen molar-refractivity contribution in [2.24, 2.45) is 0 Å². The molecule has 0 fully saturated rings. The third-order valence-electron chi connectivity index (χ3n) is 5.12. The number of rotatable bonds is 6. The van der Waals surface area contributed by atoms with Gasteiger partial charge in [0.15, 0.2) is 6.04 Å². The molecule has 1 atom stereocenters. The number of H-pyrrole nitrogens is 1. The summed E-state index contributed by atoms with van der Waals surface area (Å²) < 4.78 is 15.1. The lowest BCUT2D eigenvalue weighted by atomic mass is 10.1. The highest BCUT2D eigenvalue weighted by Crippen LogP contribution is 2.24. The van der Waals surface area contributed by atoms with Crippen molar-refractivity contribution in [2.75, 3.05) is 17.7 Å². The molecule has 0 saturated carbocycles. The molecular formula is C23H18ClFN4O4. The molecule has 4 aromatic rings. The fourth-order valence-electron chi connectivity index (χ4n) is 3.51. The molecule has 0 saturated heterocycles. The molecule has 0 radical (unpaired) electrons. The van der Waals surface area contributed by atoms with E-state index in [1.165, 1.54) is 37.4 Å². The standard InChI is InChI=1S/C23H18ClFN4O4/c1-26-19-11-18-16(10-17(19)25)21(30)29(23(33)28-18)15-7-5-14(6-8-15)27-20(22(31)32)12-3-2-4-13(24)9-12/h2-11,20,26-27H,1H3,(H,28,33)(H,31,32). The number of carbonyl (C=O) groups is 1. The molecule has 33 heavy (non-hydrogen) atoms. The first-order chi connectivity index (χ1) is 15.8. The van der Waals surface area contributed by atoms with E-state index < -0.39 is 29.1 Å². The predicted molar refractivity (Wildman–Crippen MR) is 125 cm³/mol. The van der Waals surface area contributed by atoms with Gasteiger partial charge in [-0.2, -0.15) is 0 Å². The number of hydrogen-bond donors (Lipinski definition) is 4. The zero-order valence-corrected chi connectivity index (χ0v) is 18.0. The maximum atomic E-state index is 14.2. The van der Waals surface area contributed by atoms with Gasteiger partial charge in [-0.1, -0.05) is 23.7 Å². The van der Waals surface area contributed by atoms with Crippen LogP contribution < -0.4 is 21.9 Å². The average Bonchev–Trinajstić information content (AvgIpc) is 2.78. The monoisotopic (exact) mass is 468 g/mol. The van der Waals surface area contributed by atoms with Gasteiger partial charge >= 0.3 is 11.7 Å². The van der Waals surface area contributed by atoms with E-state index in [2.05, 4.69) is 15.6 Å². The minimum Gasteiger partial charge on any atom is -0.479 e. The summed E-state index contributed by atoms with van der Waals surface area (Å²) >= 11 is 5.97. The first kappa shape index (κ1) is 22.1. The van der Waals surface area contributed by atoms with Gasteiger partial charge in [0.2, 0.25) is 0 Å². The number of anilines is 2. The molecule has 10 heteroatoms. The summed E-state index contributed by atoms with van der Waals surface area (Å²) in [6.07, 6.45) is 0. The number of aliphatic carboxylic acids is 1. The molecule has 4 rings (SSSR count). The van der Waals surface area contributed by atoms with Crippen LogP contribution in [0.1, 0.15) is 11.6 Å². The number of benzene rings is 3. The molecule has 1 unspecified atom stereocenters. The summed E-state index contributed by atoms with van der Waals surface area (Å²) in [5.41, 5.74) is 0.129. The summed E-state index contributed by atoms with van der Waals surface area (Å²) in [5.74, 6) is -1.73. The van der Waals surface area contributed by atoms with Crippen molar-refractivity contribution in [2.45, 2.75) is 6.04 Å². The van der Waals surface area contributed by atoms with Gasteiger partial charge in [-0.3, -0.25) is 4.79 Å². The van der Waals surface area contributed by atoms with Gasteiger partial charge in [0, 0.05) is 17.8 Å². The van der Waals surface area contributed by atoms with Crippen LogP contribution in [0.2, 0.25) is 5.02 Å². The third-order valence-corrected chi connectivity index (χ3v) is 5.36. The van der Waals surface area contributed by atoms with Crippen molar-refractivity contribution >= 4 is 39.8 Å². The second-order valence-corrected chi connectivity index (χ2v) is 7.65. The fourth-order valence-corrected chi connectivity index (χ4v) is 3.71. The minimum absolute atomic E-state index is 0.0141. The van der Waals surface area contributed by atoms with Crippen LogP contribution in [0, 0.1) is 5.82 Å². The maximum Gasteiger partial charge on any atom is 0.333 e. The zero-order chi connectivity index (χ0) is 23.7. The number of aromatic amines is 1. The van der Waals surface area contributed by atoms with Gasteiger partial charge in [-0.25, -0.2) is 18.5 Å². The summed E-state index contributed by atoms with van der Waals surface area (Å²) in [6.45, 7) is 0. The Hall–Kier alpha value is -4.11. The van der Waals surface area contributed by atoms with E-state index in [1.54, 1.807) is 24.3 Å². The topological polar surface area (TPSA) is 116 Å². The van der Waals surface area contributed by atoms with Crippen molar-refractivity contribution < 1.29 is 14.3 Å². The molecule has 0 aliphatic carbocycles. The number of nitrogens with one attached hydrogen (secondary N) is 3. The fraction of sp³-hybridized carbons (Fsp3) is 0.0870. The number of carboxylic acid groups (broad SMARTS) is 1. The Morgan fingerprint density at radius 3 is 2.48 bits per heavy atom. The van der Waals surface area contributed by atoms with Crippen LogP contribution in [0.25, 0.3) is 16.6 Å². The Morgan fingerprint density at radius 2 is 1.85 bits per heavy atom. The van der Waals surface area contributed by atoms with E-state index in [4.69, 9.17) is 11.6 Å². The number of hydrogen-bond acceptors (Lipinski definition) is 5. The molecular weight excluding hydrogens is 451 g/mol. The molecule has 0 aliphatic heterocycles. The van der Waals surface area contributed by atoms with Gasteiger partial charge in [0.1, 0.15) is 5.82 Å². The molecule has 0 aliphatic rings. The Morgan fingerprint density at radius 1 is 1.12 bits per heavy atom. The van der Waals surface area contributed by atoms with Crippen molar-refractivity contribution in [1.82, 2.24) is 9.55 Å². The molecule has 8 nitrogen and oxygen atoms in total. The van der Waals surface area contributed by atoms with Crippen molar-refractivity contribution in [3.05, 3.63) is 97.9 Å². The van der Waals surface area contributed by atoms with Crippen LogP contribution in [0.15, 0.2) is 70.3 Å². The van der Waals surface area contributed by atoms with Crippen LogP contribution >= 0.6 is 11.6 Å². The summed E-state index contributed by atoms with van der Waals surface area (Å²) in [4.78, 5) is 39.9. The zero-order valence-electron chi connectivity index (χ0n) is 17.2. The Kier molecular flexibility index (Phi) is 5.89. The van der Waals surface area contributed by atoms with Crippen molar-refractivity contribution in [3.8, 4) is 5.69 Å². The molecule has 1 heterocycles. The lowest BCUT2D eigenvalue weighted by Crippen LogP contribution is -2.33. The summed E-state index contributed by atoms with van der Waals surface area (Å²) in [7, 11) is 1.53. The summed E-state index contributed by atoms with van der Waals surface area (Å²) in [6, 6.07) is 13.9. The lowest BCUT2D eigenvalue weighted by molar-refractivity contribution is -0.138. The number of carboxylic acids is 1. The van der Waals surface area contributed by atoms with Crippen LogP contribution in [0.3, 0.4) is 0 Å². The van der Waals surface area contributed by atoms with Crippen molar-refractivity contribution in [3.63, 3.8) is 0 Å². The van der Waals surface area contributed by atoms with Gasteiger partial charge < -0.3 is 20.7 Å². The highest BCUT2D eigenvalue weighted by atomic mass is 35.5. The van der Waals surface area contributed by atoms with Crippen molar-refractivity contribution in [1.29, 1.82) is 0 Å². The molecule has 1 aromatic heterocycles. The maximum absolute atomic E-state index is 14.2. The van der Waals surface area contributed by atoms with E-state index in [-0.39, 0.29) is 22.3 Å². The van der Waals surface area contributed by atoms with E-state index in [1.807, 2.05) is 0 Å². The smallest absolute Gasteiger partial charge is 0.333 e. The molecule has 0 spiro atoms. The largest absolute Gasteiger partial charge is 0.479 e. The normalized spacial score (nSPS) is 11.8. The number of aromatic nitrogens is 2. The lowest BCUT2D eigenvalue weighted by Gasteiger charge is -2.17. The molecule has 3 aromatic carbocycles. The predicted octanol–water partition coefficient (Wildman–Crippen LogP) is 3.75. The third kappa shape index (κ3) is 4.31. The first-order valence-corrected chi connectivity index (χ1v) is 10.2. The highest BCUT2D eigenvalue weighted by Gasteiger charge is 2.20. The Balaban J connectivity index is 1.70. The van der Waals surface area contributed by atoms with Crippen LogP contribution in [-0.4, -0.2) is 27.7 Å². The number of fused-ring (bicyclic) bond motifs is 1. The molecule has 4 N–H and O–H groups in total. The minimum atomic E-state index is -1.11. The van der Waals surface area contributed by atoms with E-state index in [9.17, 15) is 23.9 Å². The quantitative estimate of drug-likeness (QED) is 0.342. The van der Waals surface area contributed by atoms with Crippen LogP contribution in [0.4, 0.5) is 15.8 Å². The molecule has 168 valence electrons. The SMILES string of the molecule is CNc1cc2[nH]c(=O)n(-c3ccc(NC(C(=O)O)c4cccc(Cl)c4)cc3)c(=O)c2cc1F. The summed E-state index contributed by atoms with van der Waals surface area (Å²) in [5, 5.41) is 15.6. The van der Waals surface area contributed by atoms with Crippen LogP contribution in [-0.2, 0) is 4.79 Å². The van der Waals surface area contributed by atoms with Gasteiger partial charge in [0.05, 0.1) is 22.3 Å². The van der Waals surface area contributed by atoms with Gasteiger partial charge in [-0.15, -0.1) is 0 Å². The van der Waals surface area contributed by atoms with Crippen LogP contribution in [0.5, 0.6) is 0 Å². The second kappa shape index (κ2) is 8.79. The number of nitrogens with zero attached hydrogens (tertiary/aromatic N) is 1. The van der Waals surface area contributed by atoms with Gasteiger partial charge in [0.25, 0.3) is 5.56 Å². The average molecular weight is 469 g/mol. The van der Waals surface area contributed by atoms with E-state index >= 15 is 0 Å². The highest BCUT2D eigenvalue weighted by molar-refractivity contribution is 6.30. The molecule has 0 bridgehead atoms. The van der Waals surface area contributed by atoms with E-state index in [0.29, 0.717) is 16.3 Å². The first-order valence-electron chi connectivity index (χ1n) is 9.80. The van der Waals surface area contributed by atoms with E-state index in [0.717, 1.165) is 10.6 Å². The van der Waals surface area contributed by atoms with Gasteiger partial charge in [-0.05, 0) is 54.1 Å². The molecule has 0 amide bonds. The number of halogens is 2. The Bertz CT molecular complexity index is 1480.